The number of aryl methyl sites for hydroxylation is 2. The molecule has 0 amide bonds. The molecule has 2 aromatic heterocycles. The smallest absolute Gasteiger partial charge is 0.0945 e. The van der Waals surface area contributed by atoms with E-state index in [1.165, 1.54) is 23.5 Å². The first kappa shape index (κ1) is 13.2. The van der Waals surface area contributed by atoms with Crippen LogP contribution < -0.4 is 5.32 Å². The van der Waals surface area contributed by atoms with Gasteiger partial charge in [-0.15, -0.1) is 11.3 Å². The van der Waals surface area contributed by atoms with Gasteiger partial charge >= 0.3 is 0 Å². The Hall–Kier alpha value is -1.20. The average molecular weight is 264 g/mol. The largest absolute Gasteiger partial charge is 0.337 e. The molecule has 0 saturated heterocycles. The molecule has 2 heterocycles. The van der Waals surface area contributed by atoms with Crippen molar-refractivity contribution in [3.05, 3.63) is 34.8 Å². The summed E-state index contributed by atoms with van der Waals surface area (Å²) in [7, 11) is 0. The minimum absolute atomic E-state index is 0.890. The molecular weight excluding hydrogens is 244 g/mol. The third-order valence-corrected chi connectivity index (χ3v) is 3.83. The van der Waals surface area contributed by atoms with Crippen LogP contribution in [0.15, 0.2) is 24.1 Å². The van der Waals surface area contributed by atoms with Crippen LogP contribution in [0, 0.1) is 0 Å². The molecule has 0 aliphatic heterocycles. The Bertz CT molecular complexity index is 436. The van der Waals surface area contributed by atoms with Crippen LogP contribution in [0.4, 0.5) is 0 Å². The SMILES string of the molecule is CCc1nc(CNCCCCn2ccnc2)cs1. The summed E-state index contributed by atoms with van der Waals surface area (Å²) < 4.78 is 2.12. The van der Waals surface area contributed by atoms with Crippen molar-refractivity contribution in [1.82, 2.24) is 19.9 Å². The number of nitrogens with zero attached hydrogens (tertiary/aromatic N) is 3. The third-order valence-electron chi connectivity index (χ3n) is 2.79. The number of rotatable bonds is 8. The van der Waals surface area contributed by atoms with Crippen molar-refractivity contribution in [2.24, 2.45) is 0 Å². The zero-order valence-electron chi connectivity index (χ0n) is 10.8. The molecule has 2 rings (SSSR count). The molecule has 0 unspecified atom stereocenters. The predicted octanol–water partition coefficient (Wildman–Crippen LogP) is 2.47. The van der Waals surface area contributed by atoms with Crippen molar-refractivity contribution in [3.63, 3.8) is 0 Å². The number of hydrogen-bond donors (Lipinski definition) is 1. The van der Waals surface area contributed by atoms with Gasteiger partial charge in [0.1, 0.15) is 0 Å². The summed E-state index contributed by atoms with van der Waals surface area (Å²) >= 11 is 1.75. The molecule has 0 bridgehead atoms. The van der Waals surface area contributed by atoms with Crippen LogP contribution in [0.2, 0.25) is 0 Å². The first-order valence-electron chi connectivity index (χ1n) is 6.48. The summed E-state index contributed by atoms with van der Waals surface area (Å²) in [6.45, 7) is 5.14. The lowest BCUT2D eigenvalue weighted by atomic mass is 10.3. The number of unbranched alkanes of at least 4 members (excludes halogenated alkanes) is 1. The van der Waals surface area contributed by atoms with Crippen LogP contribution in [0.1, 0.15) is 30.5 Å². The Morgan fingerprint density at radius 2 is 2.33 bits per heavy atom. The molecule has 0 fully saturated rings. The van der Waals surface area contributed by atoms with Crippen LogP contribution in [0.25, 0.3) is 0 Å². The highest BCUT2D eigenvalue weighted by molar-refractivity contribution is 7.09. The van der Waals surface area contributed by atoms with Gasteiger partial charge in [0.25, 0.3) is 0 Å². The van der Waals surface area contributed by atoms with E-state index in [1.54, 1.807) is 11.3 Å². The molecule has 4 nitrogen and oxygen atoms in total. The van der Waals surface area contributed by atoms with E-state index in [0.717, 1.165) is 26.1 Å². The van der Waals surface area contributed by atoms with Gasteiger partial charge in [-0.3, -0.25) is 0 Å². The van der Waals surface area contributed by atoms with Gasteiger partial charge < -0.3 is 9.88 Å². The molecule has 0 aliphatic carbocycles. The van der Waals surface area contributed by atoms with Gasteiger partial charge in [-0.25, -0.2) is 9.97 Å². The Balaban J connectivity index is 1.53. The molecule has 0 spiro atoms. The Kier molecular flexibility index (Phi) is 5.36. The summed E-state index contributed by atoms with van der Waals surface area (Å²) in [4.78, 5) is 8.56. The van der Waals surface area contributed by atoms with Gasteiger partial charge in [-0.2, -0.15) is 0 Å². The quantitative estimate of drug-likeness (QED) is 0.745. The fourth-order valence-electron chi connectivity index (χ4n) is 1.77. The molecule has 5 heteroatoms. The topological polar surface area (TPSA) is 42.7 Å². The van der Waals surface area contributed by atoms with E-state index in [4.69, 9.17) is 0 Å². The minimum atomic E-state index is 0.890. The van der Waals surface area contributed by atoms with Crippen molar-refractivity contribution >= 4 is 11.3 Å². The van der Waals surface area contributed by atoms with Gasteiger partial charge in [-0.1, -0.05) is 6.92 Å². The molecule has 18 heavy (non-hydrogen) atoms. The van der Waals surface area contributed by atoms with Crippen LogP contribution >= 0.6 is 11.3 Å². The van der Waals surface area contributed by atoms with E-state index in [9.17, 15) is 0 Å². The van der Waals surface area contributed by atoms with Crippen molar-refractivity contribution in [1.29, 1.82) is 0 Å². The number of imidazole rings is 1. The van der Waals surface area contributed by atoms with Crippen LogP contribution in [-0.4, -0.2) is 21.1 Å². The maximum atomic E-state index is 4.53. The lowest BCUT2D eigenvalue weighted by molar-refractivity contribution is 0.565. The van der Waals surface area contributed by atoms with Crippen LogP contribution in [0.3, 0.4) is 0 Å². The lowest BCUT2D eigenvalue weighted by Gasteiger charge is -2.03. The first-order valence-corrected chi connectivity index (χ1v) is 7.36. The number of thiazole rings is 1. The van der Waals surface area contributed by atoms with E-state index >= 15 is 0 Å². The van der Waals surface area contributed by atoms with Crippen LogP contribution in [0.5, 0.6) is 0 Å². The van der Waals surface area contributed by atoms with Crippen molar-refractivity contribution in [2.45, 2.75) is 39.3 Å². The molecule has 2 aromatic rings. The first-order chi connectivity index (χ1) is 8.88. The molecule has 0 radical (unpaired) electrons. The zero-order valence-corrected chi connectivity index (χ0v) is 11.6. The van der Waals surface area contributed by atoms with Gasteiger partial charge in [0.15, 0.2) is 0 Å². The molecule has 0 aliphatic rings. The lowest BCUT2D eigenvalue weighted by Crippen LogP contribution is -2.15. The Morgan fingerprint density at radius 3 is 3.06 bits per heavy atom. The minimum Gasteiger partial charge on any atom is -0.337 e. The summed E-state index contributed by atoms with van der Waals surface area (Å²) in [5.41, 5.74) is 1.17. The van der Waals surface area contributed by atoms with Gasteiger partial charge in [-0.05, 0) is 25.8 Å². The second-order valence-corrected chi connectivity index (χ2v) is 5.21. The van der Waals surface area contributed by atoms with E-state index < -0.39 is 0 Å². The van der Waals surface area contributed by atoms with Gasteiger partial charge in [0.2, 0.25) is 0 Å². The van der Waals surface area contributed by atoms with Crippen molar-refractivity contribution in [3.8, 4) is 0 Å². The molecule has 0 saturated carbocycles. The molecule has 0 aromatic carbocycles. The van der Waals surface area contributed by atoms with E-state index in [-0.39, 0.29) is 0 Å². The monoisotopic (exact) mass is 264 g/mol. The highest BCUT2D eigenvalue weighted by Crippen LogP contribution is 2.09. The van der Waals surface area contributed by atoms with Gasteiger partial charge in [0.05, 0.1) is 17.0 Å². The number of hydrogen-bond acceptors (Lipinski definition) is 4. The second kappa shape index (κ2) is 7.28. The second-order valence-electron chi connectivity index (χ2n) is 4.27. The van der Waals surface area contributed by atoms with E-state index in [0.29, 0.717) is 0 Å². The maximum Gasteiger partial charge on any atom is 0.0945 e. The summed E-state index contributed by atoms with van der Waals surface area (Å²) in [5, 5.41) is 6.82. The van der Waals surface area contributed by atoms with Gasteiger partial charge in [0, 0.05) is 30.9 Å². The Morgan fingerprint density at radius 1 is 1.39 bits per heavy atom. The summed E-state index contributed by atoms with van der Waals surface area (Å²) in [6, 6.07) is 0. The normalized spacial score (nSPS) is 10.9. The molecular formula is C13H20N4S. The fourth-order valence-corrected chi connectivity index (χ4v) is 2.52. The molecule has 98 valence electrons. The Labute approximate surface area is 112 Å². The fraction of sp³-hybridized carbons (Fsp3) is 0.538. The highest BCUT2D eigenvalue weighted by atomic mass is 32.1. The molecule has 0 atom stereocenters. The number of aromatic nitrogens is 3. The summed E-state index contributed by atoms with van der Waals surface area (Å²) in [6.07, 6.45) is 9.11. The number of nitrogens with one attached hydrogen (secondary N) is 1. The maximum absolute atomic E-state index is 4.53. The van der Waals surface area contributed by atoms with Crippen LogP contribution in [-0.2, 0) is 19.5 Å². The van der Waals surface area contributed by atoms with Crippen molar-refractivity contribution < 1.29 is 0 Å². The van der Waals surface area contributed by atoms with E-state index in [1.807, 2.05) is 18.7 Å². The third kappa shape index (κ3) is 4.23. The van der Waals surface area contributed by atoms with E-state index in [2.05, 4.69) is 32.2 Å². The van der Waals surface area contributed by atoms with Crippen molar-refractivity contribution in [2.75, 3.05) is 6.54 Å². The standard InChI is InChI=1S/C13H20N4S/c1-2-13-16-12(10-18-13)9-14-5-3-4-7-17-8-6-15-11-17/h6,8,10-11,14H,2-5,7,9H2,1H3. The molecule has 1 N–H and O–H groups in total. The average Bonchev–Trinajstić information content (AvgIpc) is 3.04. The summed E-state index contributed by atoms with van der Waals surface area (Å²) in [5.74, 6) is 0. The highest BCUT2D eigenvalue weighted by Gasteiger charge is 1.99. The predicted molar refractivity (Wildman–Crippen MR) is 74.7 cm³/mol. The zero-order chi connectivity index (χ0) is 12.6.